The van der Waals surface area contributed by atoms with Gasteiger partial charge in [0.25, 0.3) is 0 Å². The Morgan fingerprint density at radius 3 is 2.65 bits per heavy atom. The Balaban J connectivity index is 2.98. The lowest BCUT2D eigenvalue weighted by atomic mass is 10.3. The summed E-state index contributed by atoms with van der Waals surface area (Å²) in [6, 6.07) is 0.677. The Morgan fingerprint density at radius 1 is 1.50 bits per heavy atom. The standard InChI is InChI=1S/C11H16F3N5O/c1-7(2)19(6-4-9(15)18-20)10-16-5-3-8(17-10)11(12,13)14/h3,5,7,20H,4,6H2,1-2H3,(H2,15,18). The van der Waals surface area contributed by atoms with Gasteiger partial charge in [-0.25, -0.2) is 9.97 Å². The first kappa shape index (κ1) is 16.0. The van der Waals surface area contributed by atoms with Gasteiger partial charge in [-0.3, -0.25) is 0 Å². The van der Waals surface area contributed by atoms with Crippen LogP contribution in [0.5, 0.6) is 0 Å². The number of amidine groups is 1. The van der Waals surface area contributed by atoms with Crippen LogP contribution in [0.4, 0.5) is 19.1 Å². The summed E-state index contributed by atoms with van der Waals surface area (Å²) in [5.41, 5.74) is 4.35. The van der Waals surface area contributed by atoms with Crippen molar-refractivity contribution in [2.45, 2.75) is 32.5 Å². The zero-order chi connectivity index (χ0) is 15.3. The van der Waals surface area contributed by atoms with E-state index < -0.39 is 11.9 Å². The third kappa shape index (κ3) is 4.25. The van der Waals surface area contributed by atoms with Crippen molar-refractivity contribution in [3.63, 3.8) is 0 Å². The van der Waals surface area contributed by atoms with Crippen molar-refractivity contribution in [3.8, 4) is 0 Å². The van der Waals surface area contributed by atoms with E-state index in [1.807, 2.05) is 0 Å². The average Bonchev–Trinajstić information content (AvgIpc) is 2.37. The minimum atomic E-state index is -4.52. The van der Waals surface area contributed by atoms with E-state index in [0.717, 1.165) is 12.3 Å². The van der Waals surface area contributed by atoms with E-state index in [2.05, 4.69) is 15.1 Å². The molecule has 0 radical (unpaired) electrons. The number of oxime groups is 1. The second-order valence-corrected chi connectivity index (χ2v) is 4.37. The Labute approximate surface area is 114 Å². The summed E-state index contributed by atoms with van der Waals surface area (Å²) < 4.78 is 37.9. The highest BCUT2D eigenvalue weighted by atomic mass is 19.4. The summed E-state index contributed by atoms with van der Waals surface area (Å²) in [5, 5.41) is 11.3. The molecule has 112 valence electrons. The second kappa shape index (κ2) is 6.40. The highest BCUT2D eigenvalue weighted by molar-refractivity contribution is 5.80. The van der Waals surface area contributed by atoms with Gasteiger partial charge in [-0.1, -0.05) is 5.16 Å². The van der Waals surface area contributed by atoms with Gasteiger partial charge in [0.05, 0.1) is 0 Å². The lowest BCUT2D eigenvalue weighted by Gasteiger charge is -2.26. The number of hydrogen-bond acceptors (Lipinski definition) is 5. The zero-order valence-corrected chi connectivity index (χ0v) is 11.1. The minimum absolute atomic E-state index is 0.0115. The van der Waals surface area contributed by atoms with Gasteiger partial charge in [0, 0.05) is 25.2 Å². The first-order valence-electron chi connectivity index (χ1n) is 5.89. The average molecular weight is 291 g/mol. The number of aromatic nitrogens is 2. The van der Waals surface area contributed by atoms with Gasteiger partial charge in [-0.15, -0.1) is 0 Å². The molecule has 0 atom stereocenters. The number of hydrogen-bond donors (Lipinski definition) is 2. The van der Waals surface area contributed by atoms with E-state index in [4.69, 9.17) is 10.9 Å². The Bertz CT molecular complexity index is 475. The molecule has 20 heavy (non-hydrogen) atoms. The Hall–Kier alpha value is -2.06. The third-order valence-electron chi connectivity index (χ3n) is 2.55. The molecule has 0 aliphatic rings. The van der Waals surface area contributed by atoms with Crippen LogP contribution in [-0.4, -0.2) is 33.6 Å². The lowest BCUT2D eigenvalue weighted by molar-refractivity contribution is -0.141. The number of anilines is 1. The SMILES string of the molecule is CC(C)N(CCC(N)=NO)c1nccc(C(F)(F)F)n1. The summed E-state index contributed by atoms with van der Waals surface area (Å²) in [7, 11) is 0. The smallest absolute Gasteiger partial charge is 0.409 e. The first-order valence-corrected chi connectivity index (χ1v) is 5.89. The fourth-order valence-corrected chi connectivity index (χ4v) is 1.52. The van der Waals surface area contributed by atoms with Gasteiger partial charge in [0.2, 0.25) is 5.95 Å². The quantitative estimate of drug-likeness (QED) is 0.374. The minimum Gasteiger partial charge on any atom is -0.409 e. The van der Waals surface area contributed by atoms with Crippen LogP contribution in [0.2, 0.25) is 0 Å². The number of halogens is 3. The van der Waals surface area contributed by atoms with Gasteiger partial charge >= 0.3 is 6.18 Å². The van der Waals surface area contributed by atoms with Crippen molar-refractivity contribution in [3.05, 3.63) is 18.0 Å². The largest absolute Gasteiger partial charge is 0.433 e. The molecule has 9 heteroatoms. The van der Waals surface area contributed by atoms with Crippen molar-refractivity contribution >= 4 is 11.8 Å². The maximum Gasteiger partial charge on any atom is 0.433 e. The maximum atomic E-state index is 12.6. The molecule has 0 aromatic carbocycles. The molecule has 0 fully saturated rings. The molecule has 3 N–H and O–H groups in total. The van der Waals surface area contributed by atoms with Gasteiger partial charge in [-0.2, -0.15) is 13.2 Å². The molecule has 1 aromatic rings. The van der Waals surface area contributed by atoms with E-state index in [1.54, 1.807) is 18.7 Å². The highest BCUT2D eigenvalue weighted by Gasteiger charge is 2.33. The normalized spacial score (nSPS) is 12.8. The molecule has 0 amide bonds. The number of nitrogens with two attached hydrogens (primary N) is 1. The van der Waals surface area contributed by atoms with E-state index in [9.17, 15) is 13.2 Å². The van der Waals surface area contributed by atoms with E-state index in [1.165, 1.54) is 0 Å². The zero-order valence-electron chi connectivity index (χ0n) is 11.1. The van der Waals surface area contributed by atoms with Crippen LogP contribution in [0, 0.1) is 0 Å². The van der Waals surface area contributed by atoms with Crippen molar-refractivity contribution in [1.82, 2.24) is 9.97 Å². The summed E-state index contributed by atoms with van der Waals surface area (Å²) >= 11 is 0. The van der Waals surface area contributed by atoms with Crippen molar-refractivity contribution in [2.75, 3.05) is 11.4 Å². The summed E-state index contributed by atoms with van der Waals surface area (Å²) in [5.74, 6) is -0.0526. The predicted octanol–water partition coefficient (Wildman–Crippen LogP) is 1.85. The van der Waals surface area contributed by atoms with E-state index in [-0.39, 0.29) is 30.8 Å². The van der Waals surface area contributed by atoms with Crippen LogP contribution >= 0.6 is 0 Å². The third-order valence-corrected chi connectivity index (χ3v) is 2.55. The van der Waals surface area contributed by atoms with Crippen molar-refractivity contribution < 1.29 is 18.4 Å². The fourth-order valence-electron chi connectivity index (χ4n) is 1.52. The first-order chi connectivity index (χ1) is 9.25. The molecule has 1 aromatic heterocycles. The fraction of sp³-hybridized carbons (Fsp3) is 0.545. The second-order valence-electron chi connectivity index (χ2n) is 4.37. The molecular formula is C11H16F3N5O. The number of alkyl halides is 3. The molecule has 0 aliphatic carbocycles. The Kier molecular flexibility index (Phi) is 5.12. The number of rotatable bonds is 5. The predicted molar refractivity (Wildman–Crippen MR) is 67.5 cm³/mol. The summed E-state index contributed by atoms with van der Waals surface area (Å²) in [6.45, 7) is 3.82. The topological polar surface area (TPSA) is 87.6 Å². The van der Waals surface area contributed by atoms with Crippen molar-refractivity contribution in [2.24, 2.45) is 10.9 Å². The monoisotopic (exact) mass is 291 g/mol. The molecule has 0 aliphatic heterocycles. The van der Waals surface area contributed by atoms with Gasteiger partial charge in [0.1, 0.15) is 11.5 Å². The van der Waals surface area contributed by atoms with Crippen LogP contribution in [0.15, 0.2) is 17.4 Å². The Morgan fingerprint density at radius 2 is 2.15 bits per heavy atom. The molecule has 1 rings (SSSR count). The van der Waals surface area contributed by atoms with Crippen LogP contribution in [-0.2, 0) is 6.18 Å². The molecule has 0 spiro atoms. The summed E-state index contributed by atoms with van der Waals surface area (Å²) in [4.78, 5) is 8.91. The van der Waals surface area contributed by atoms with Crippen LogP contribution in [0.3, 0.4) is 0 Å². The van der Waals surface area contributed by atoms with E-state index >= 15 is 0 Å². The molecule has 6 nitrogen and oxygen atoms in total. The van der Waals surface area contributed by atoms with Crippen LogP contribution in [0.25, 0.3) is 0 Å². The van der Waals surface area contributed by atoms with E-state index in [0.29, 0.717) is 0 Å². The van der Waals surface area contributed by atoms with Crippen LogP contribution in [0.1, 0.15) is 26.0 Å². The maximum absolute atomic E-state index is 12.6. The van der Waals surface area contributed by atoms with Gasteiger partial charge < -0.3 is 15.8 Å². The molecule has 1 heterocycles. The molecule has 0 bridgehead atoms. The molecule has 0 saturated heterocycles. The van der Waals surface area contributed by atoms with Gasteiger partial charge in [-0.05, 0) is 19.9 Å². The summed E-state index contributed by atoms with van der Waals surface area (Å²) in [6.07, 6.45) is -3.27. The number of nitrogens with zero attached hydrogens (tertiary/aromatic N) is 4. The molecule has 0 unspecified atom stereocenters. The molecular weight excluding hydrogens is 275 g/mol. The molecule has 0 saturated carbocycles. The van der Waals surface area contributed by atoms with Crippen LogP contribution < -0.4 is 10.6 Å². The van der Waals surface area contributed by atoms with Crippen molar-refractivity contribution in [1.29, 1.82) is 0 Å². The lowest BCUT2D eigenvalue weighted by Crippen LogP contribution is -2.35. The van der Waals surface area contributed by atoms with Gasteiger partial charge in [0.15, 0.2) is 0 Å². The highest BCUT2D eigenvalue weighted by Crippen LogP contribution is 2.28.